The van der Waals surface area contributed by atoms with Gasteiger partial charge in [0.25, 0.3) is 5.91 Å². The Bertz CT molecular complexity index is 1360. The summed E-state index contributed by atoms with van der Waals surface area (Å²) < 4.78 is 27.9. The lowest BCUT2D eigenvalue weighted by Gasteiger charge is -2.30. The molecule has 0 spiro atoms. The molecule has 0 bridgehead atoms. The number of aromatic nitrogens is 1. The second-order valence-corrected chi connectivity index (χ2v) is 10.6. The van der Waals surface area contributed by atoms with Crippen LogP contribution >= 0.6 is 11.6 Å². The van der Waals surface area contributed by atoms with E-state index in [0.717, 1.165) is 12.8 Å². The Kier molecular flexibility index (Phi) is 7.32. The van der Waals surface area contributed by atoms with Crippen molar-refractivity contribution >= 4 is 33.2 Å². The normalized spacial score (nSPS) is 16.4. The quantitative estimate of drug-likeness (QED) is 0.529. The monoisotopic (exact) mass is 493 g/mol. The Labute approximate surface area is 205 Å². The van der Waals surface area contributed by atoms with Gasteiger partial charge in [-0.25, -0.2) is 13.4 Å². The summed E-state index contributed by atoms with van der Waals surface area (Å²) in [4.78, 5) is 17.0. The zero-order valence-electron chi connectivity index (χ0n) is 18.7. The molecule has 0 radical (unpaired) electrons. The first-order valence-corrected chi connectivity index (χ1v) is 12.8. The molecule has 2 heterocycles. The number of hydrogen-bond acceptors (Lipinski definition) is 4. The van der Waals surface area contributed by atoms with Gasteiger partial charge in [0.15, 0.2) is 0 Å². The predicted octanol–water partition coefficient (Wildman–Crippen LogP) is 4.81. The van der Waals surface area contributed by atoms with Gasteiger partial charge in [0.05, 0.1) is 5.02 Å². The molecule has 1 N–H and O–H groups in total. The molecule has 1 aromatic heterocycles. The molecule has 1 fully saturated rings. The van der Waals surface area contributed by atoms with Crippen LogP contribution in [0.4, 0.5) is 5.69 Å². The standard InChI is InChI=1S/C26H24ClN3O3S/c1-19-6-5-15-30(18-19)34(32,33)25-17-21(11-13-24(25)27)26(31)29-23-9-4-7-20(16-23)10-12-22-8-2-3-14-28-22/h2-4,7-9,11,13-14,16-17,19H,5-6,15,18H2,1H3,(H,29,31). The fourth-order valence-electron chi connectivity index (χ4n) is 3.80. The summed E-state index contributed by atoms with van der Waals surface area (Å²) in [7, 11) is -3.80. The van der Waals surface area contributed by atoms with Gasteiger partial charge in [-0.1, -0.05) is 36.6 Å². The number of sulfonamides is 1. The highest BCUT2D eigenvalue weighted by Crippen LogP contribution is 2.29. The molecule has 1 saturated heterocycles. The first-order valence-electron chi connectivity index (χ1n) is 11.0. The van der Waals surface area contributed by atoms with Crippen molar-refractivity contribution in [2.45, 2.75) is 24.7 Å². The van der Waals surface area contributed by atoms with Gasteiger partial charge in [-0.05, 0) is 73.2 Å². The molecule has 174 valence electrons. The van der Waals surface area contributed by atoms with Crippen LogP contribution in [-0.2, 0) is 10.0 Å². The van der Waals surface area contributed by atoms with Crippen LogP contribution in [0.5, 0.6) is 0 Å². The fourth-order valence-corrected chi connectivity index (χ4v) is 5.90. The highest BCUT2D eigenvalue weighted by molar-refractivity contribution is 7.89. The Morgan fingerprint density at radius 2 is 1.97 bits per heavy atom. The molecule has 1 amide bonds. The van der Waals surface area contributed by atoms with Crippen molar-refractivity contribution < 1.29 is 13.2 Å². The van der Waals surface area contributed by atoms with Crippen molar-refractivity contribution in [1.29, 1.82) is 0 Å². The lowest BCUT2D eigenvalue weighted by atomic mass is 10.0. The molecule has 3 aromatic rings. The number of amides is 1. The summed E-state index contributed by atoms with van der Waals surface area (Å²) in [6.45, 7) is 2.93. The van der Waals surface area contributed by atoms with Crippen molar-refractivity contribution in [3.8, 4) is 11.8 Å². The van der Waals surface area contributed by atoms with Crippen molar-refractivity contribution in [1.82, 2.24) is 9.29 Å². The Hall–Kier alpha value is -3.18. The fraction of sp³-hybridized carbons (Fsp3) is 0.231. The summed E-state index contributed by atoms with van der Waals surface area (Å²) in [5.41, 5.74) is 2.11. The number of halogens is 1. The van der Waals surface area contributed by atoms with E-state index in [4.69, 9.17) is 11.6 Å². The predicted molar refractivity (Wildman–Crippen MR) is 133 cm³/mol. The maximum absolute atomic E-state index is 13.2. The topological polar surface area (TPSA) is 79.4 Å². The molecular weight excluding hydrogens is 470 g/mol. The van der Waals surface area contributed by atoms with Crippen molar-refractivity contribution in [3.63, 3.8) is 0 Å². The molecular formula is C26H24ClN3O3S. The van der Waals surface area contributed by atoms with Crippen LogP contribution < -0.4 is 5.32 Å². The van der Waals surface area contributed by atoms with Gasteiger partial charge in [-0.3, -0.25) is 4.79 Å². The van der Waals surface area contributed by atoms with Crippen LogP contribution in [0.2, 0.25) is 5.02 Å². The summed E-state index contributed by atoms with van der Waals surface area (Å²) in [5.74, 6) is 5.85. The number of rotatable bonds is 4. The molecule has 1 aliphatic rings. The number of benzene rings is 2. The maximum Gasteiger partial charge on any atom is 0.255 e. The maximum atomic E-state index is 13.2. The van der Waals surface area contributed by atoms with Crippen LogP contribution in [0.15, 0.2) is 71.8 Å². The van der Waals surface area contributed by atoms with Crippen LogP contribution in [0, 0.1) is 17.8 Å². The first kappa shape index (κ1) is 24.0. The van der Waals surface area contributed by atoms with Crippen molar-refractivity contribution in [2.75, 3.05) is 18.4 Å². The van der Waals surface area contributed by atoms with E-state index in [9.17, 15) is 13.2 Å². The first-order chi connectivity index (χ1) is 16.3. The second-order valence-electron chi connectivity index (χ2n) is 8.26. The highest BCUT2D eigenvalue weighted by Gasteiger charge is 2.31. The summed E-state index contributed by atoms with van der Waals surface area (Å²) in [6.07, 6.45) is 3.47. The van der Waals surface area contributed by atoms with Crippen LogP contribution in [-0.4, -0.2) is 36.7 Å². The zero-order chi connectivity index (χ0) is 24.1. The summed E-state index contributed by atoms with van der Waals surface area (Å²) in [5, 5.41) is 2.91. The molecule has 34 heavy (non-hydrogen) atoms. The van der Waals surface area contributed by atoms with E-state index in [1.165, 1.54) is 22.5 Å². The van der Waals surface area contributed by atoms with Crippen LogP contribution in [0.1, 0.15) is 41.4 Å². The third kappa shape index (κ3) is 5.65. The minimum Gasteiger partial charge on any atom is -0.322 e. The molecule has 1 atom stereocenters. The number of nitrogens with zero attached hydrogens (tertiary/aromatic N) is 2. The zero-order valence-corrected chi connectivity index (χ0v) is 20.2. The smallest absolute Gasteiger partial charge is 0.255 e. The number of carbonyl (C=O) groups excluding carboxylic acids is 1. The van der Waals surface area contributed by atoms with E-state index in [2.05, 4.69) is 22.1 Å². The van der Waals surface area contributed by atoms with Gasteiger partial charge >= 0.3 is 0 Å². The molecule has 1 aliphatic heterocycles. The van der Waals surface area contributed by atoms with E-state index in [0.29, 0.717) is 30.0 Å². The lowest BCUT2D eigenvalue weighted by Crippen LogP contribution is -2.39. The summed E-state index contributed by atoms with van der Waals surface area (Å²) >= 11 is 6.25. The van der Waals surface area contributed by atoms with Gasteiger partial charge in [0.1, 0.15) is 10.6 Å². The number of nitrogens with one attached hydrogen (secondary N) is 1. The molecule has 8 heteroatoms. The van der Waals surface area contributed by atoms with Crippen LogP contribution in [0.3, 0.4) is 0 Å². The molecule has 2 aromatic carbocycles. The number of carbonyl (C=O) groups is 1. The van der Waals surface area contributed by atoms with E-state index >= 15 is 0 Å². The lowest BCUT2D eigenvalue weighted by molar-refractivity contribution is 0.102. The van der Waals surface area contributed by atoms with E-state index < -0.39 is 15.9 Å². The van der Waals surface area contributed by atoms with Gasteiger partial charge in [0.2, 0.25) is 10.0 Å². The SMILES string of the molecule is CC1CCCN(S(=O)(=O)c2cc(C(=O)Nc3cccc(C#Cc4ccccn4)c3)ccc2Cl)C1. The minimum atomic E-state index is -3.80. The Balaban J connectivity index is 1.54. The number of hydrogen-bond donors (Lipinski definition) is 1. The van der Waals surface area contributed by atoms with Gasteiger partial charge in [-0.2, -0.15) is 4.31 Å². The summed E-state index contributed by atoms with van der Waals surface area (Å²) in [6, 6.07) is 16.9. The minimum absolute atomic E-state index is 0.0501. The van der Waals surface area contributed by atoms with E-state index in [-0.39, 0.29) is 21.4 Å². The van der Waals surface area contributed by atoms with Crippen molar-refractivity contribution in [3.05, 3.63) is 88.7 Å². The largest absolute Gasteiger partial charge is 0.322 e. The molecule has 0 aliphatic carbocycles. The third-order valence-corrected chi connectivity index (χ3v) is 7.90. The molecule has 4 rings (SSSR count). The Morgan fingerprint density at radius 3 is 2.74 bits per heavy atom. The number of pyridine rings is 1. The highest BCUT2D eigenvalue weighted by atomic mass is 35.5. The molecule has 6 nitrogen and oxygen atoms in total. The average molecular weight is 494 g/mol. The average Bonchev–Trinajstić information content (AvgIpc) is 2.84. The van der Waals surface area contributed by atoms with Crippen molar-refractivity contribution in [2.24, 2.45) is 5.92 Å². The van der Waals surface area contributed by atoms with E-state index in [1.54, 1.807) is 24.4 Å². The second kappa shape index (κ2) is 10.4. The molecule has 1 unspecified atom stereocenters. The third-order valence-electron chi connectivity index (χ3n) is 5.55. The molecule has 0 saturated carbocycles. The number of piperidine rings is 1. The van der Waals surface area contributed by atoms with Gasteiger partial charge in [-0.15, -0.1) is 0 Å². The Morgan fingerprint density at radius 1 is 1.12 bits per heavy atom. The van der Waals surface area contributed by atoms with Gasteiger partial charge in [0, 0.05) is 36.1 Å². The van der Waals surface area contributed by atoms with Crippen LogP contribution in [0.25, 0.3) is 0 Å². The number of anilines is 1. The van der Waals surface area contributed by atoms with E-state index in [1.807, 2.05) is 31.2 Å². The van der Waals surface area contributed by atoms with Gasteiger partial charge < -0.3 is 5.32 Å².